The average molecular weight is 317 g/mol. The van der Waals surface area contributed by atoms with Crippen molar-refractivity contribution < 1.29 is 0 Å². The summed E-state index contributed by atoms with van der Waals surface area (Å²) >= 11 is 0. The van der Waals surface area contributed by atoms with Crippen molar-refractivity contribution in [1.82, 2.24) is 0 Å². The summed E-state index contributed by atoms with van der Waals surface area (Å²) in [5, 5.41) is 0. The fourth-order valence-electron chi connectivity index (χ4n) is 2.01. The molecule has 2 rings (SSSR count). The maximum absolute atomic E-state index is 4.65. The minimum Gasteiger partial charge on any atom is -0.332 e. The Hall–Kier alpha value is -1.80. The number of hydrogen-bond donors (Lipinski definition) is 0. The minimum atomic E-state index is -0.0558. The van der Waals surface area contributed by atoms with Gasteiger partial charge in [-0.05, 0) is 44.9 Å². The second-order valence-corrected chi connectivity index (χ2v) is 6.18. The van der Waals surface area contributed by atoms with Gasteiger partial charge in [-0.25, -0.2) is 0 Å². The highest BCUT2D eigenvalue weighted by Gasteiger charge is 2.08. The number of hydrogen-bond acceptors (Lipinski definition) is 1. The van der Waals surface area contributed by atoms with Crippen LogP contribution in [0.3, 0.4) is 0 Å². The smallest absolute Gasteiger partial charge is 0.0900 e. The van der Waals surface area contributed by atoms with E-state index in [-0.39, 0.29) is 17.9 Å². The predicted octanol–water partition coefficient (Wildman–Crippen LogP) is 4.98. The van der Waals surface area contributed by atoms with Crippen molar-refractivity contribution in [3.05, 3.63) is 66.2 Å². The molecule has 0 saturated heterocycles. The van der Waals surface area contributed by atoms with Crippen LogP contribution in [0.2, 0.25) is 0 Å². The molecule has 0 saturated carbocycles. The third-order valence-corrected chi connectivity index (χ3v) is 3.16. The summed E-state index contributed by atoms with van der Waals surface area (Å²) in [6, 6.07) is 21.0. The molecule has 0 bridgehead atoms. The van der Waals surface area contributed by atoms with E-state index in [4.69, 9.17) is 0 Å². The first-order valence-corrected chi connectivity index (χ1v) is 7.45. The van der Waals surface area contributed by atoms with Crippen LogP contribution in [0.1, 0.15) is 26.3 Å². The van der Waals surface area contributed by atoms with Gasteiger partial charge in [0.15, 0.2) is 0 Å². The van der Waals surface area contributed by atoms with Crippen LogP contribution in [0.15, 0.2) is 65.7 Å². The van der Waals surface area contributed by atoms with Gasteiger partial charge in [-0.2, -0.15) is 0 Å². The van der Waals surface area contributed by atoms with Gasteiger partial charge in [0, 0.05) is 12.2 Å². The molecule has 2 aromatic carbocycles. The standard InChI is InChI=1S/C19H24N2.ClH/c1-19(2,3)20-16-21(18-12-8-5-9-13-18)15-14-17-10-6-4-7-11-17;/h4-13,16H,14-15H2,1-3H3;1H/b20-16-;. The molecule has 0 aromatic heterocycles. The van der Waals surface area contributed by atoms with Gasteiger partial charge in [-0.1, -0.05) is 48.5 Å². The molecule has 0 fully saturated rings. The summed E-state index contributed by atoms with van der Waals surface area (Å²) in [5.41, 5.74) is 2.48. The first-order valence-electron chi connectivity index (χ1n) is 7.45. The highest BCUT2D eigenvalue weighted by Crippen LogP contribution is 2.14. The van der Waals surface area contributed by atoms with E-state index in [1.54, 1.807) is 0 Å². The van der Waals surface area contributed by atoms with Crippen molar-refractivity contribution in [2.45, 2.75) is 32.7 Å². The summed E-state index contributed by atoms with van der Waals surface area (Å²) in [6.07, 6.45) is 2.98. The monoisotopic (exact) mass is 316 g/mol. The number of nitrogens with zero attached hydrogens (tertiary/aromatic N) is 2. The van der Waals surface area contributed by atoms with Crippen molar-refractivity contribution in [2.75, 3.05) is 11.4 Å². The molecule has 0 heterocycles. The number of benzene rings is 2. The first-order chi connectivity index (χ1) is 10.0. The lowest BCUT2D eigenvalue weighted by Gasteiger charge is -2.22. The SMILES string of the molecule is CC(C)(C)/N=C\N(CCc1ccccc1)c1ccccc1.Cl. The summed E-state index contributed by atoms with van der Waals surface area (Å²) in [4.78, 5) is 6.87. The molecule has 22 heavy (non-hydrogen) atoms. The van der Waals surface area contributed by atoms with Gasteiger partial charge in [0.2, 0.25) is 0 Å². The molecule has 0 amide bonds. The lowest BCUT2D eigenvalue weighted by molar-refractivity contribution is 0.584. The van der Waals surface area contributed by atoms with E-state index in [0.29, 0.717) is 0 Å². The lowest BCUT2D eigenvalue weighted by atomic mass is 10.1. The predicted molar refractivity (Wildman–Crippen MR) is 99.4 cm³/mol. The molecule has 0 radical (unpaired) electrons. The van der Waals surface area contributed by atoms with Crippen molar-refractivity contribution in [1.29, 1.82) is 0 Å². The van der Waals surface area contributed by atoms with Gasteiger partial charge >= 0.3 is 0 Å². The van der Waals surface area contributed by atoms with Crippen LogP contribution in [0.25, 0.3) is 0 Å². The van der Waals surface area contributed by atoms with E-state index in [9.17, 15) is 0 Å². The first kappa shape index (κ1) is 18.2. The van der Waals surface area contributed by atoms with E-state index >= 15 is 0 Å². The highest BCUT2D eigenvalue weighted by molar-refractivity contribution is 5.85. The molecule has 0 aliphatic carbocycles. The molecule has 0 atom stereocenters. The molecule has 0 spiro atoms. The molecule has 3 heteroatoms. The van der Waals surface area contributed by atoms with Crippen molar-refractivity contribution in [3.63, 3.8) is 0 Å². The van der Waals surface area contributed by atoms with Crippen molar-refractivity contribution >= 4 is 24.4 Å². The Labute approximate surface area is 140 Å². The van der Waals surface area contributed by atoms with Crippen LogP contribution >= 0.6 is 12.4 Å². The number of anilines is 1. The second-order valence-electron chi connectivity index (χ2n) is 6.18. The van der Waals surface area contributed by atoms with Gasteiger partial charge in [0.25, 0.3) is 0 Å². The van der Waals surface area contributed by atoms with Crippen LogP contribution in [0.5, 0.6) is 0 Å². The van der Waals surface area contributed by atoms with Crippen LogP contribution < -0.4 is 4.90 Å². The zero-order valence-electron chi connectivity index (χ0n) is 13.6. The van der Waals surface area contributed by atoms with Crippen molar-refractivity contribution in [3.8, 4) is 0 Å². The van der Waals surface area contributed by atoms with Gasteiger partial charge in [0.1, 0.15) is 0 Å². The van der Waals surface area contributed by atoms with Crippen LogP contribution in [-0.4, -0.2) is 18.4 Å². The Kier molecular flexibility index (Phi) is 7.13. The van der Waals surface area contributed by atoms with Gasteiger partial charge in [0.05, 0.1) is 11.9 Å². The molecule has 0 aliphatic heterocycles. The van der Waals surface area contributed by atoms with E-state index in [2.05, 4.69) is 85.3 Å². The number of aliphatic imine (C=N–C) groups is 1. The van der Waals surface area contributed by atoms with Crippen molar-refractivity contribution in [2.24, 2.45) is 4.99 Å². The van der Waals surface area contributed by atoms with E-state index in [1.807, 2.05) is 12.4 Å². The van der Waals surface area contributed by atoms with E-state index < -0.39 is 0 Å². The summed E-state index contributed by atoms with van der Waals surface area (Å²) in [5.74, 6) is 0. The zero-order chi connectivity index (χ0) is 15.1. The third kappa shape index (κ3) is 6.31. The third-order valence-electron chi connectivity index (χ3n) is 3.16. The fraction of sp³-hybridized carbons (Fsp3) is 0.316. The summed E-state index contributed by atoms with van der Waals surface area (Å²) < 4.78 is 0. The van der Waals surface area contributed by atoms with Crippen LogP contribution in [0, 0.1) is 0 Å². The Balaban J connectivity index is 0.00000242. The summed E-state index contributed by atoms with van der Waals surface area (Å²) in [6.45, 7) is 7.27. The van der Waals surface area contributed by atoms with Gasteiger partial charge in [-0.15, -0.1) is 12.4 Å². The molecule has 0 aliphatic rings. The number of rotatable bonds is 5. The molecule has 118 valence electrons. The normalized spacial score (nSPS) is 11.2. The Morgan fingerprint density at radius 1 is 0.909 bits per heavy atom. The minimum absolute atomic E-state index is 0. The average Bonchev–Trinajstić information content (AvgIpc) is 2.48. The van der Waals surface area contributed by atoms with E-state index in [0.717, 1.165) is 13.0 Å². The Morgan fingerprint density at radius 2 is 1.45 bits per heavy atom. The molecule has 0 unspecified atom stereocenters. The fourth-order valence-corrected chi connectivity index (χ4v) is 2.01. The molecule has 2 aromatic rings. The van der Waals surface area contributed by atoms with Crippen LogP contribution in [0.4, 0.5) is 5.69 Å². The maximum Gasteiger partial charge on any atom is 0.0900 e. The largest absolute Gasteiger partial charge is 0.332 e. The second kappa shape index (κ2) is 8.60. The highest BCUT2D eigenvalue weighted by atomic mass is 35.5. The Morgan fingerprint density at radius 3 is 2.00 bits per heavy atom. The molecule has 2 nitrogen and oxygen atoms in total. The number of para-hydroxylation sites is 1. The maximum atomic E-state index is 4.65. The quantitative estimate of drug-likeness (QED) is 0.561. The van der Waals surface area contributed by atoms with Gasteiger partial charge in [-0.3, -0.25) is 4.99 Å². The van der Waals surface area contributed by atoms with E-state index in [1.165, 1.54) is 11.3 Å². The number of halogens is 1. The molecule has 0 N–H and O–H groups in total. The molecular weight excluding hydrogens is 292 g/mol. The van der Waals surface area contributed by atoms with Crippen LogP contribution in [-0.2, 0) is 6.42 Å². The van der Waals surface area contributed by atoms with Gasteiger partial charge < -0.3 is 4.90 Å². The lowest BCUT2D eigenvalue weighted by Crippen LogP contribution is -2.26. The Bertz CT molecular complexity index is 559. The summed E-state index contributed by atoms with van der Waals surface area (Å²) in [7, 11) is 0. The molecular formula is C19H25ClN2. The zero-order valence-corrected chi connectivity index (χ0v) is 14.4. The topological polar surface area (TPSA) is 15.6 Å².